The van der Waals surface area contributed by atoms with E-state index in [0.29, 0.717) is 18.3 Å². The van der Waals surface area contributed by atoms with Crippen molar-refractivity contribution in [3.63, 3.8) is 0 Å². The number of rotatable bonds is 7. The molecule has 0 amide bonds. The van der Waals surface area contributed by atoms with Gasteiger partial charge in [-0.25, -0.2) is 4.79 Å². The van der Waals surface area contributed by atoms with Gasteiger partial charge in [-0.3, -0.25) is 0 Å². The highest BCUT2D eigenvalue weighted by molar-refractivity contribution is 7.98. The first-order valence-electron chi connectivity index (χ1n) is 9.25. The van der Waals surface area contributed by atoms with Gasteiger partial charge >= 0.3 is 6.16 Å². The summed E-state index contributed by atoms with van der Waals surface area (Å²) in [5.74, 6) is 2.02. The molecule has 2 aromatic carbocycles. The van der Waals surface area contributed by atoms with Crippen molar-refractivity contribution in [2.45, 2.75) is 50.5 Å². The Labute approximate surface area is 165 Å². The highest BCUT2D eigenvalue weighted by Crippen LogP contribution is 2.45. The first-order valence-corrected chi connectivity index (χ1v) is 10.5. The number of carbonyl (C=O) groups is 1. The maximum Gasteiger partial charge on any atom is 0.513 e. The Balaban J connectivity index is 1.88. The molecule has 0 aliphatic heterocycles. The number of hydrogen-bond acceptors (Lipinski definition) is 5. The fourth-order valence-electron chi connectivity index (χ4n) is 3.22. The van der Waals surface area contributed by atoms with E-state index in [1.165, 1.54) is 36.6 Å². The highest BCUT2D eigenvalue weighted by Gasteiger charge is 2.28. The van der Waals surface area contributed by atoms with Gasteiger partial charge in [0.15, 0.2) is 0 Å². The number of ether oxygens (including phenoxy) is 3. The van der Waals surface area contributed by atoms with Crippen LogP contribution in [0.5, 0.6) is 11.5 Å². The molecule has 5 heteroatoms. The lowest BCUT2D eigenvalue weighted by Gasteiger charge is -2.17. The molecular weight excluding hydrogens is 360 g/mol. The van der Waals surface area contributed by atoms with Gasteiger partial charge in [0.05, 0.1) is 7.11 Å². The zero-order valence-corrected chi connectivity index (χ0v) is 17.2. The third-order valence-corrected chi connectivity index (χ3v) is 5.73. The summed E-state index contributed by atoms with van der Waals surface area (Å²) in [6.07, 6.45) is 4.74. The predicted molar refractivity (Wildman–Crippen MR) is 108 cm³/mol. The lowest BCUT2D eigenvalue weighted by atomic mass is 9.99. The van der Waals surface area contributed by atoms with Crippen molar-refractivity contribution in [1.29, 1.82) is 0 Å². The summed E-state index contributed by atoms with van der Waals surface area (Å²) in [7, 11) is 1.30. The Morgan fingerprint density at radius 1 is 1.22 bits per heavy atom. The van der Waals surface area contributed by atoms with Gasteiger partial charge in [0.25, 0.3) is 0 Å². The van der Waals surface area contributed by atoms with Crippen LogP contribution in [0.1, 0.15) is 47.9 Å². The first-order chi connectivity index (χ1) is 13.1. The summed E-state index contributed by atoms with van der Waals surface area (Å²) < 4.78 is 16.2. The molecule has 3 rings (SSSR count). The minimum atomic E-state index is -0.726. The van der Waals surface area contributed by atoms with E-state index < -0.39 is 6.16 Å². The van der Waals surface area contributed by atoms with E-state index in [4.69, 9.17) is 9.47 Å². The van der Waals surface area contributed by atoms with Gasteiger partial charge in [0.2, 0.25) is 0 Å². The molecular formula is C22H26O4S. The van der Waals surface area contributed by atoms with E-state index in [0.717, 1.165) is 22.6 Å². The molecule has 0 spiro atoms. The zero-order valence-electron chi connectivity index (χ0n) is 16.3. The summed E-state index contributed by atoms with van der Waals surface area (Å²) in [5.41, 5.74) is 4.79. The normalized spacial score (nSPS) is 13.3. The van der Waals surface area contributed by atoms with Gasteiger partial charge in [-0.2, -0.15) is 0 Å². The van der Waals surface area contributed by atoms with Crippen LogP contribution in [0, 0.1) is 6.92 Å². The number of hydrogen-bond donors (Lipinski definition) is 0. The van der Waals surface area contributed by atoms with Crippen molar-refractivity contribution in [2.75, 3.05) is 13.4 Å². The van der Waals surface area contributed by atoms with Crippen molar-refractivity contribution in [3.05, 3.63) is 52.6 Å². The third-order valence-electron chi connectivity index (χ3n) is 4.91. The monoisotopic (exact) mass is 386 g/mol. The molecule has 0 N–H and O–H groups in total. The Kier molecular flexibility index (Phi) is 6.32. The molecule has 2 aromatic rings. The molecule has 4 nitrogen and oxygen atoms in total. The summed E-state index contributed by atoms with van der Waals surface area (Å²) in [6.45, 7) is 4.66. The van der Waals surface area contributed by atoms with E-state index in [9.17, 15) is 4.79 Å². The van der Waals surface area contributed by atoms with Crippen LogP contribution < -0.4 is 9.47 Å². The molecule has 0 atom stereocenters. The smallest absolute Gasteiger partial charge is 0.488 e. The molecule has 0 aromatic heterocycles. The Morgan fingerprint density at radius 2 is 2.00 bits per heavy atom. The SMILES string of the molecule is CCc1cc(C2CC2)c(OCc2c(OC(=O)OC)cccc2SC)cc1C. The second-order valence-electron chi connectivity index (χ2n) is 6.73. The van der Waals surface area contributed by atoms with Crippen molar-refractivity contribution in [2.24, 2.45) is 0 Å². The van der Waals surface area contributed by atoms with Crippen molar-refractivity contribution in [1.82, 2.24) is 0 Å². The minimum Gasteiger partial charge on any atom is -0.488 e. The summed E-state index contributed by atoms with van der Waals surface area (Å²) in [6, 6.07) is 10.1. The molecule has 1 fully saturated rings. The van der Waals surface area contributed by atoms with Crippen LogP contribution >= 0.6 is 11.8 Å². The predicted octanol–water partition coefficient (Wildman–Crippen LogP) is 5.88. The number of methoxy groups -OCH3 is 1. The molecule has 0 bridgehead atoms. The average Bonchev–Trinajstić information content (AvgIpc) is 3.51. The number of benzene rings is 2. The molecule has 0 saturated heterocycles. The number of thioether (sulfide) groups is 1. The van der Waals surface area contributed by atoms with Crippen LogP contribution in [0.3, 0.4) is 0 Å². The minimum absolute atomic E-state index is 0.341. The second-order valence-corrected chi connectivity index (χ2v) is 7.57. The van der Waals surface area contributed by atoms with E-state index in [2.05, 4.69) is 30.7 Å². The molecule has 0 heterocycles. The second kappa shape index (κ2) is 8.70. The molecule has 1 aliphatic carbocycles. The standard InChI is InChI=1S/C22H26O4S/c1-5-15-12-17(16-9-10-16)20(11-14(15)2)25-13-18-19(26-22(23)24-3)7-6-8-21(18)27-4/h6-8,11-12,16H,5,9-10,13H2,1-4H3. The Bertz CT molecular complexity index is 827. The van der Waals surface area contributed by atoms with E-state index in [1.807, 2.05) is 18.4 Å². The van der Waals surface area contributed by atoms with Gasteiger partial charge in [-0.15, -0.1) is 11.8 Å². The molecule has 0 unspecified atom stereocenters. The van der Waals surface area contributed by atoms with Crippen LogP contribution in [-0.4, -0.2) is 19.5 Å². The van der Waals surface area contributed by atoms with Crippen molar-refractivity contribution < 1.29 is 19.0 Å². The molecule has 144 valence electrons. The van der Waals surface area contributed by atoms with Gasteiger partial charge < -0.3 is 14.2 Å². The van der Waals surface area contributed by atoms with Crippen LogP contribution in [0.15, 0.2) is 35.2 Å². The summed E-state index contributed by atoms with van der Waals surface area (Å²) in [5, 5.41) is 0. The quantitative estimate of drug-likeness (QED) is 0.338. The van der Waals surface area contributed by atoms with E-state index in [1.54, 1.807) is 17.8 Å². The maximum atomic E-state index is 11.6. The van der Waals surface area contributed by atoms with E-state index in [-0.39, 0.29) is 0 Å². The molecule has 27 heavy (non-hydrogen) atoms. The largest absolute Gasteiger partial charge is 0.513 e. The van der Waals surface area contributed by atoms with Gasteiger partial charge in [-0.05, 0) is 73.2 Å². The topological polar surface area (TPSA) is 44.8 Å². The van der Waals surface area contributed by atoms with Crippen molar-refractivity contribution in [3.8, 4) is 11.5 Å². The lowest BCUT2D eigenvalue weighted by Crippen LogP contribution is -2.10. The van der Waals surface area contributed by atoms with Crippen LogP contribution in [0.2, 0.25) is 0 Å². The third kappa shape index (κ3) is 4.59. The van der Waals surface area contributed by atoms with Gasteiger partial charge in [-0.1, -0.05) is 19.1 Å². The fourth-order valence-corrected chi connectivity index (χ4v) is 3.84. The van der Waals surface area contributed by atoms with Gasteiger partial charge in [0, 0.05) is 10.5 Å². The molecule has 1 saturated carbocycles. The van der Waals surface area contributed by atoms with Crippen LogP contribution in [-0.2, 0) is 17.8 Å². The van der Waals surface area contributed by atoms with Crippen molar-refractivity contribution >= 4 is 17.9 Å². The maximum absolute atomic E-state index is 11.6. The number of aryl methyl sites for hydroxylation is 2. The fraction of sp³-hybridized carbons (Fsp3) is 0.409. The first kappa shape index (κ1) is 19.6. The Hall–Kier alpha value is -2.14. The summed E-state index contributed by atoms with van der Waals surface area (Å²) in [4.78, 5) is 12.6. The number of carbonyl (C=O) groups excluding carboxylic acids is 1. The summed E-state index contributed by atoms with van der Waals surface area (Å²) >= 11 is 1.60. The highest BCUT2D eigenvalue weighted by atomic mass is 32.2. The molecule has 1 aliphatic rings. The Morgan fingerprint density at radius 3 is 2.63 bits per heavy atom. The van der Waals surface area contributed by atoms with Crippen LogP contribution in [0.4, 0.5) is 4.79 Å². The van der Waals surface area contributed by atoms with Crippen LogP contribution in [0.25, 0.3) is 0 Å². The molecule has 0 radical (unpaired) electrons. The lowest BCUT2D eigenvalue weighted by molar-refractivity contribution is 0.120. The average molecular weight is 387 g/mol. The zero-order chi connectivity index (χ0) is 19.4. The van der Waals surface area contributed by atoms with E-state index >= 15 is 0 Å². The van der Waals surface area contributed by atoms with Gasteiger partial charge in [0.1, 0.15) is 18.1 Å².